The van der Waals surface area contributed by atoms with Gasteiger partial charge in [0.25, 0.3) is 0 Å². The van der Waals surface area contributed by atoms with Crippen LogP contribution in [-0.4, -0.2) is 88.4 Å². The monoisotopic (exact) mass is 352 g/mol. The molecule has 7 nitrogen and oxygen atoms in total. The van der Waals surface area contributed by atoms with Gasteiger partial charge in [-0.3, -0.25) is 4.90 Å². The highest BCUT2D eigenvalue weighted by Crippen LogP contribution is 2.16. The van der Waals surface area contributed by atoms with Gasteiger partial charge in [-0.1, -0.05) is 6.92 Å². The van der Waals surface area contributed by atoms with E-state index in [9.17, 15) is 0 Å². The molecule has 0 saturated carbocycles. The van der Waals surface area contributed by atoms with Gasteiger partial charge in [0.2, 0.25) is 0 Å². The summed E-state index contributed by atoms with van der Waals surface area (Å²) in [6.07, 6.45) is 2.79. The van der Waals surface area contributed by atoms with Gasteiger partial charge < -0.3 is 27.5 Å². The van der Waals surface area contributed by atoms with Gasteiger partial charge in [-0.2, -0.15) is 0 Å². The molecule has 0 spiro atoms. The fraction of sp³-hybridized carbons (Fsp3) is 0.933. The zero-order valence-corrected chi connectivity index (χ0v) is 16.5. The molecular weight excluding hydrogens is 318 g/mol. The smallest absolute Gasteiger partial charge is 0.383 e. The van der Waals surface area contributed by atoms with Crippen LogP contribution < -0.4 is 0 Å². The Morgan fingerprint density at radius 2 is 1.39 bits per heavy atom. The first-order valence-corrected chi connectivity index (χ1v) is 9.84. The summed E-state index contributed by atoms with van der Waals surface area (Å²) in [7, 11) is 5.76. The molecule has 1 radical (unpaired) electrons. The van der Waals surface area contributed by atoms with Gasteiger partial charge in [0.1, 0.15) is 6.23 Å². The third-order valence-electron chi connectivity index (χ3n) is 3.66. The molecule has 0 aromatic heterocycles. The molecule has 1 atom stereocenters. The van der Waals surface area contributed by atoms with Gasteiger partial charge >= 0.3 is 8.80 Å². The average molecular weight is 353 g/mol. The summed E-state index contributed by atoms with van der Waals surface area (Å²) in [6, 6.07) is 0.725. The van der Waals surface area contributed by atoms with Gasteiger partial charge in [0.15, 0.2) is 0 Å². The lowest BCUT2D eigenvalue weighted by atomic mass is 10.3. The van der Waals surface area contributed by atoms with Gasteiger partial charge in [-0.25, -0.2) is 0 Å². The number of methoxy groups -OCH3 is 2. The first-order chi connectivity index (χ1) is 11.1. The van der Waals surface area contributed by atoms with Crippen molar-refractivity contribution in [3.8, 4) is 0 Å². The van der Waals surface area contributed by atoms with E-state index >= 15 is 0 Å². The molecule has 0 aliphatic carbocycles. The molecule has 0 rings (SSSR count). The van der Waals surface area contributed by atoms with Crippen molar-refractivity contribution < 1.29 is 27.5 Å². The molecule has 139 valence electrons. The maximum Gasteiger partial charge on any atom is 0.500 e. The van der Waals surface area contributed by atoms with Crippen LogP contribution in [0.5, 0.6) is 0 Å². The van der Waals surface area contributed by atoms with E-state index in [1.807, 2.05) is 13.3 Å². The van der Waals surface area contributed by atoms with E-state index in [1.54, 1.807) is 35.5 Å². The zero-order chi connectivity index (χ0) is 17.6. The van der Waals surface area contributed by atoms with Gasteiger partial charge in [0.05, 0.1) is 13.2 Å². The highest BCUT2D eigenvalue weighted by atomic mass is 28.4. The van der Waals surface area contributed by atoms with E-state index < -0.39 is 8.80 Å². The molecule has 0 bridgehead atoms. The molecule has 8 heteroatoms. The van der Waals surface area contributed by atoms with Crippen molar-refractivity contribution in [2.75, 3.05) is 68.5 Å². The van der Waals surface area contributed by atoms with E-state index in [-0.39, 0.29) is 6.23 Å². The lowest BCUT2D eigenvalue weighted by Crippen LogP contribution is -2.43. The van der Waals surface area contributed by atoms with Crippen molar-refractivity contribution >= 4 is 8.80 Å². The molecule has 0 fully saturated rings. The van der Waals surface area contributed by atoms with Crippen LogP contribution in [0.2, 0.25) is 6.04 Å². The number of rotatable bonds is 16. The highest BCUT2D eigenvalue weighted by molar-refractivity contribution is 6.60. The van der Waals surface area contributed by atoms with Crippen molar-refractivity contribution in [1.29, 1.82) is 0 Å². The Morgan fingerprint density at radius 3 is 1.78 bits per heavy atom. The Hall–Kier alpha value is -0.0631. The molecular formula is C15H34NO6Si. The molecule has 0 N–H and O–H groups in total. The minimum atomic E-state index is -2.51. The van der Waals surface area contributed by atoms with Crippen LogP contribution in [-0.2, 0) is 27.5 Å². The topological polar surface area (TPSA) is 58.6 Å². The van der Waals surface area contributed by atoms with Crippen LogP contribution in [0.1, 0.15) is 13.3 Å². The van der Waals surface area contributed by atoms with Crippen LogP contribution >= 0.6 is 0 Å². The average Bonchev–Trinajstić information content (AvgIpc) is 2.60. The molecule has 0 heterocycles. The second-order valence-electron chi connectivity index (χ2n) is 5.02. The van der Waals surface area contributed by atoms with Crippen molar-refractivity contribution in [2.24, 2.45) is 0 Å². The van der Waals surface area contributed by atoms with Gasteiger partial charge in [-0.15, -0.1) is 0 Å². The fourth-order valence-electron chi connectivity index (χ4n) is 2.24. The second-order valence-corrected chi connectivity index (χ2v) is 8.11. The Bertz CT molecular complexity index is 252. The largest absolute Gasteiger partial charge is 0.500 e. The molecule has 1 unspecified atom stereocenters. The lowest BCUT2D eigenvalue weighted by molar-refractivity contribution is -0.0537. The molecule has 0 aliphatic heterocycles. The first kappa shape index (κ1) is 22.9. The Balaban J connectivity index is 4.32. The quantitative estimate of drug-likeness (QED) is 0.236. The van der Waals surface area contributed by atoms with E-state index in [2.05, 4.69) is 4.90 Å². The maximum absolute atomic E-state index is 5.99. The molecule has 0 saturated heterocycles. The Kier molecular flexibility index (Phi) is 14.3. The maximum atomic E-state index is 5.99. The second kappa shape index (κ2) is 14.3. The fourth-order valence-corrected chi connectivity index (χ4v) is 3.93. The normalized spacial score (nSPS) is 13.7. The number of nitrogens with zero attached hydrogens (tertiary/aromatic N) is 1. The SMILES string of the molecule is C[CH]C(OCCC[Si](OC)(OC)OC)N(CCOC)CCOC. The zero-order valence-electron chi connectivity index (χ0n) is 15.5. The van der Waals surface area contributed by atoms with Crippen LogP contribution in [0, 0.1) is 6.42 Å². The van der Waals surface area contributed by atoms with Crippen molar-refractivity contribution in [3.05, 3.63) is 6.42 Å². The van der Waals surface area contributed by atoms with Gasteiger partial charge in [0, 0.05) is 67.7 Å². The summed E-state index contributed by atoms with van der Waals surface area (Å²) in [6.45, 7) is 5.50. The number of hydrogen-bond acceptors (Lipinski definition) is 7. The number of hydrogen-bond donors (Lipinski definition) is 0. The van der Waals surface area contributed by atoms with Crippen LogP contribution in [0.3, 0.4) is 0 Å². The van der Waals surface area contributed by atoms with E-state index in [4.69, 9.17) is 27.5 Å². The predicted molar refractivity (Wildman–Crippen MR) is 91.2 cm³/mol. The lowest BCUT2D eigenvalue weighted by Gasteiger charge is -2.31. The number of ether oxygens (including phenoxy) is 3. The predicted octanol–water partition coefficient (Wildman–Crippen LogP) is 1.42. The Labute approximate surface area is 142 Å². The summed E-state index contributed by atoms with van der Waals surface area (Å²) >= 11 is 0. The summed E-state index contributed by atoms with van der Waals surface area (Å²) in [5.74, 6) is 0. The van der Waals surface area contributed by atoms with Crippen molar-refractivity contribution in [1.82, 2.24) is 4.90 Å². The Morgan fingerprint density at radius 1 is 0.870 bits per heavy atom. The molecule has 0 aliphatic rings. The third kappa shape index (κ3) is 9.11. The minimum absolute atomic E-state index is 0.0657. The van der Waals surface area contributed by atoms with Gasteiger partial charge in [-0.05, 0) is 6.42 Å². The van der Waals surface area contributed by atoms with E-state index in [1.165, 1.54) is 0 Å². The van der Waals surface area contributed by atoms with E-state index in [0.717, 1.165) is 25.6 Å². The molecule has 0 aromatic rings. The highest BCUT2D eigenvalue weighted by Gasteiger charge is 2.37. The van der Waals surface area contributed by atoms with Crippen molar-refractivity contribution in [3.63, 3.8) is 0 Å². The third-order valence-corrected chi connectivity index (χ3v) is 6.49. The summed E-state index contributed by atoms with van der Waals surface area (Å²) in [5, 5.41) is 0. The van der Waals surface area contributed by atoms with Crippen LogP contribution in [0.4, 0.5) is 0 Å². The summed E-state index contributed by atoms with van der Waals surface area (Å²) in [5.41, 5.74) is 0. The van der Waals surface area contributed by atoms with E-state index in [0.29, 0.717) is 19.8 Å². The first-order valence-electron chi connectivity index (χ1n) is 7.91. The molecule has 0 aromatic carbocycles. The molecule has 0 amide bonds. The summed E-state index contributed by atoms with van der Waals surface area (Å²) in [4.78, 5) is 2.20. The standard InChI is InChI=1S/C15H34NO6Si/c1-7-15(16(9-12-17-2)10-13-18-3)22-11-8-14-23(19-4,20-5)21-6/h7,15H,8-14H2,1-6H3. The minimum Gasteiger partial charge on any atom is -0.383 e. The molecule has 23 heavy (non-hydrogen) atoms. The van der Waals surface area contributed by atoms with Crippen molar-refractivity contribution in [2.45, 2.75) is 25.6 Å². The summed E-state index contributed by atoms with van der Waals surface area (Å²) < 4.78 is 32.6. The van der Waals surface area contributed by atoms with Crippen LogP contribution in [0.15, 0.2) is 0 Å². The van der Waals surface area contributed by atoms with Crippen LogP contribution in [0.25, 0.3) is 0 Å².